The standard InChI is InChI=1S/C24H38N2O/c1-16-20-7-8-22-19-6-5-17-13-18(26(4)15-27)9-11-23(17,2)21(19)10-12-24(20,22)14-25(16)3/h5,15-16,18-22H,6-14H2,1-4H3. The zero-order valence-electron chi connectivity index (χ0n) is 17.8. The summed E-state index contributed by atoms with van der Waals surface area (Å²) in [4.78, 5) is 15.8. The summed E-state index contributed by atoms with van der Waals surface area (Å²) in [5.74, 6) is 3.70. The predicted octanol–water partition coefficient (Wildman–Crippen LogP) is 4.34. The van der Waals surface area contributed by atoms with E-state index in [0.29, 0.717) is 16.9 Å². The lowest BCUT2D eigenvalue weighted by Gasteiger charge is -2.58. The molecule has 1 amide bonds. The van der Waals surface area contributed by atoms with Gasteiger partial charge in [0.25, 0.3) is 0 Å². The van der Waals surface area contributed by atoms with Crippen LogP contribution in [-0.2, 0) is 4.79 Å². The van der Waals surface area contributed by atoms with Crippen LogP contribution in [0, 0.1) is 34.5 Å². The lowest BCUT2D eigenvalue weighted by atomic mass is 9.47. The van der Waals surface area contributed by atoms with E-state index in [-0.39, 0.29) is 0 Å². The van der Waals surface area contributed by atoms with Crippen molar-refractivity contribution in [3.8, 4) is 0 Å². The summed E-state index contributed by atoms with van der Waals surface area (Å²) < 4.78 is 0. The number of fused-ring (bicyclic) bond motifs is 4. The van der Waals surface area contributed by atoms with Gasteiger partial charge in [-0.05, 0) is 99.8 Å². The predicted molar refractivity (Wildman–Crippen MR) is 109 cm³/mol. The molecular formula is C24H38N2O. The maximum Gasteiger partial charge on any atom is 0.209 e. The molecule has 0 aromatic rings. The molecule has 150 valence electrons. The molecule has 0 bridgehead atoms. The molecule has 0 radical (unpaired) electrons. The van der Waals surface area contributed by atoms with Crippen LogP contribution in [-0.4, -0.2) is 48.9 Å². The van der Waals surface area contributed by atoms with Crippen LogP contribution < -0.4 is 0 Å². The molecule has 8 atom stereocenters. The minimum absolute atomic E-state index is 0.402. The Balaban J connectivity index is 1.43. The molecule has 4 fully saturated rings. The van der Waals surface area contributed by atoms with E-state index in [9.17, 15) is 4.79 Å². The molecule has 5 rings (SSSR count). The highest BCUT2D eigenvalue weighted by atomic mass is 16.1. The first-order chi connectivity index (χ1) is 12.9. The average Bonchev–Trinajstić information content (AvgIpc) is 3.14. The third kappa shape index (κ3) is 2.33. The minimum atomic E-state index is 0.402. The van der Waals surface area contributed by atoms with Gasteiger partial charge in [-0.15, -0.1) is 0 Å². The lowest BCUT2D eigenvalue weighted by Crippen LogP contribution is -2.52. The molecule has 0 aromatic carbocycles. The van der Waals surface area contributed by atoms with Crippen molar-refractivity contribution < 1.29 is 4.79 Å². The van der Waals surface area contributed by atoms with E-state index in [1.807, 2.05) is 11.9 Å². The van der Waals surface area contributed by atoms with Crippen LogP contribution in [0.1, 0.15) is 65.2 Å². The summed E-state index contributed by atoms with van der Waals surface area (Å²) in [5.41, 5.74) is 2.72. The molecule has 0 aromatic heterocycles. The molecule has 3 nitrogen and oxygen atoms in total. The van der Waals surface area contributed by atoms with Crippen LogP contribution >= 0.6 is 0 Å². The van der Waals surface area contributed by atoms with E-state index in [4.69, 9.17) is 0 Å². The summed E-state index contributed by atoms with van der Waals surface area (Å²) >= 11 is 0. The van der Waals surface area contributed by atoms with Gasteiger partial charge in [0, 0.05) is 25.7 Å². The lowest BCUT2D eigenvalue weighted by molar-refractivity contribution is -0.119. The van der Waals surface area contributed by atoms with E-state index in [1.54, 1.807) is 5.57 Å². The van der Waals surface area contributed by atoms with E-state index in [1.165, 1.54) is 51.5 Å². The molecule has 1 spiro atoms. The molecule has 27 heavy (non-hydrogen) atoms. The van der Waals surface area contributed by atoms with Gasteiger partial charge in [-0.1, -0.05) is 18.6 Å². The van der Waals surface area contributed by atoms with Crippen molar-refractivity contribution in [2.45, 2.75) is 77.3 Å². The zero-order valence-corrected chi connectivity index (χ0v) is 17.8. The first-order valence-corrected chi connectivity index (χ1v) is 11.5. The molecular weight excluding hydrogens is 332 g/mol. The number of carbonyl (C=O) groups is 1. The Bertz CT molecular complexity index is 659. The van der Waals surface area contributed by atoms with Crippen LogP contribution in [0.2, 0.25) is 0 Å². The second kappa shape index (κ2) is 6.08. The molecule has 1 saturated heterocycles. The zero-order chi connectivity index (χ0) is 19.0. The minimum Gasteiger partial charge on any atom is -0.345 e. The van der Waals surface area contributed by atoms with Crippen molar-refractivity contribution in [1.82, 2.24) is 9.80 Å². The van der Waals surface area contributed by atoms with Crippen molar-refractivity contribution in [3.63, 3.8) is 0 Å². The van der Waals surface area contributed by atoms with Crippen LogP contribution in [0.15, 0.2) is 11.6 Å². The fourth-order valence-corrected chi connectivity index (χ4v) is 8.88. The monoisotopic (exact) mass is 370 g/mol. The number of rotatable bonds is 2. The van der Waals surface area contributed by atoms with Gasteiger partial charge < -0.3 is 9.80 Å². The maximum absolute atomic E-state index is 11.3. The van der Waals surface area contributed by atoms with Gasteiger partial charge in [0.15, 0.2) is 0 Å². The van der Waals surface area contributed by atoms with Gasteiger partial charge in [0.05, 0.1) is 0 Å². The van der Waals surface area contributed by atoms with Gasteiger partial charge in [0.1, 0.15) is 0 Å². The number of nitrogens with zero attached hydrogens (tertiary/aromatic N) is 2. The van der Waals surface area contributed by atoms with E-state index in [2.05, 4.69) is 31.9 Å². The highest BCUT2D eigenvalue weighted by Crippen LogP contribution is 2.68. The van der Waals surface area contributed by atoms with Crippen LogP contribution in [0.4, 0.5) is 0 Å². The quantitative estimate of drug-likeness (QED) is 0.533. The van der Waals surface area contributed by atoms with Crippen LogP contribution in [0.25, 0.3) is 0 Å². The van der Waals surface area contributed by atoms with Gasteiger partial charge in [-0.3, -0.25) is 4.79 Å². The Kier molecular flexibility index (Phi) is 4.10. The Hall–Kier alpha value is -0.830. The van der Waals surface area contributed by atoms with Crippen LogP contribution in [0.5, 0.6) is 0 Å². The van der Waals surface area contributed by atoms with Gasteiger partial charge in [-0.2, -0.15) is 0 Å². The number of likely N-dealkylation sites (tertiary alicyclic amines) is 1. The summed E-state index contributed by atoms with van der Waals surface area (Å²) in [7, 11) is 4.33. The first-order valence-electron chi connectivity index (χ1n) is 11.5. The molecule has 5 aliphatic rings. The number of hydrogen-bond acceptors (Lipinski definition) is 2. The Morgan fingerprint density at radius 2 is 1.93 bits per heavy atom. The highest BCUT2D eigenvalue weighted by Gasteiger charge is 2.63. The average molecular weight is 371 g/mol. The van der Waals surface area contributed by atoms with Gasteiger partial charge in [0.2, 0.25) is 6.41 Å². The normalized spacial score (nSPS) is 51.6. The second-order valence-corrected chi connectivity index (χ2v) is 11.0. The maximum atomic E-state index is 11.3. The number of carbonyl (C=O) groups excluding carboxylic acids is 1. The second-order valence-electron chi connectivity index (χ2n) is 11.0. The number of amides is 1. The summed E-state index contributed by atoms with van der Waals surface area (Å²) in [6.45, 7) is 6.42. The van der Waals surface area contributed by atoms with Crippen molar-refractivity contribution in [2.75, 3.05) is 20.6 Å². The van der Waals surface area contributed by atoms with Crippen molar-refractivity contribution in [2.24, 2.45) is 34.5 Å². The Labute approximate surface area is 165 Å². The summed E-state index contributed by atoms with van der Waals surface area (Å²) in [5, 5.41) is 0. The van der Waals surface area contributed by atoms with Gasteiger partial charge in [-0.25, -0.2) is 0 Å². The Morgan fingerprint density at radius 1 is 1.15 bits per heavy atom. The highest BCUT2D eigenvalue weighted by molar-refractivity contribution is 5.47. The van der Waals surface area contributed by atoms with Gasteiger partial charge >= 0.3 is 0 Å². The molecule has 3 saturated carbocycles. The van der Waals surface area contributed by atoms with E-state index in [0.717, 1.165) is 42.5 Å². The number of hydrogen-bond donors (Lipinski definition) is 0. The van der Waals surface area contributed by atoms with Crippen molar-refractivity contribution in [1.29, 1.82) is 0 Å². The SMILES string of the molecule is CC1C2CCC3C4CC=C5CC(N(C)C=O)CCC5(C)C4CCC32CN1C. The van der Waals surface area contributed by atoms with E-state index < -0.39 is 0 Å². The molecule has 1 heterocycles. The number of allylic oxidation sites excluding steroid dienone is 1. The van der Waals surface area contributed by atoms with Crippen LogP contribution in [0.3, 0.4) is 0 Å². The Morgan fingerprint density at radius 3 is 2.70 bits per heavy atom. The molecule has 1 aliphatic heterocycles. The van der Waals surface area contributed by atoms with Crippen molar-refractivity contribution >= 4 is 6.41 Å². The topological polar surface area (TPSA) is 23.6 Å². The third-order valence-corrected chi connectivity index (χ3v) is 10.4. The molecule has 3 heteroatoms. The van der Waals surface area contributed by atoms with Crippen molar-refractivity contribution in [3.05, 3.63) is 11.6 Å². The largest absolute Gasteiger partial charge is 0.345 e. The summed E-state index contributed by atoms with van der Waals surface area (Å²) in [6, 6.07) is 1.21. The molecule has 4 aliphatic carbocycles. The first kappa shape index (κ1) is 18.2. The van der Waals surface area contributed by atoms with E-state index >= 15 is 0 Å². The summed E-state index contributed by atoms with van der Waals surface area (Å²) in [6.07, 6.45) is 14.4. The molecule has 8 unspecified atom stereocenters. The smallest absolute Gasteiger partial charge is 0.209 e. The molecule has 0 N–H and O–H groups in total. The fraction of sp³-hybridized carbons (Fsp3) is 0.875. The third-order valence-electron chi connectivity index (χ3n) is 10.4. The fourth-order valence-electron chi connectivity index (χ4n) is 8.88.